The number of rotatable bonds is 3. The second-order valence-electron chi connectivity index (χ2n) is 3.66. The average molecular weight is 279 g/mol. The minimum absolute atomic E-state index is 0.0548. The van der Waals surface area contributed by atoms with Crippen molar-refractivity contribution in [2.45, 2.75) is 6.92 Å². The number of aryl methyl sites for hydroxylation is 1. The lowest BCUT2D eigenvalue weighted by Crippen LogP contribution is -2.14. The van der Waals surface area contributed by atoms with E-state index < -0.39 is 22.0 Å². The largest absolute Gasteiger partial charge is 0.488 e. The fourth-order valence-corrected chi connectivity index (χ4v) is 2.20. The standard InChI is InChI=1S/C11H9N3O4S/c1-6-2-3-7(19-6)4-5-8-12-10(15)9(14(17)18)11(16)13-8/h2-5H,1H3,(H2,12,13,15,16)/b5-4+. The number of nitrogens with zero attached hydrogens (tertiary/aromatic N) is 2. The third-order valence-electron chi connectivity index (χ3n) is 2.24. The fourth-order valence-electron chi connectivity index (χ4n) is 1.42. The summed E-state index contributed by atoms with van der Waals surface area (Å²) in [6, 6.07) is 3.83. The third kappa shape index (κ3) is 2.86. The van der Waals surface area contributed by atoms with Gasteiger partial charge in [0.15, 0.2) is 0 Å². The van der Waals surface area contributed by atoms with Crippen LogP contribution in [0.1, 0.15) is 15.6 Å². The predicted molar refractivity (Wildman–Crippen MR) is 71.2 cm³/mol. The number of hydrogen-bond acceptors (Lipinski definition) is 6. The number of aromatic nitrogens is 2. The number of aromatic hydroxyl groups is 1. The van der Waals surface area contributed by atoms with Gasteiger partial charge in [-0.25, -0.2) is 0 Å². The molecule has 7 nitrogen and oxygen atoms in total. The summed E-state index contributed by atoms with van der Waals surface area (Å²) in [5.41, 5.74) is -1.94. The van der Waals surface area contributed by atoms with Crippen molar-refractivity contribution in [1.29, 1.82) is 0 Å². The predicted octanol–water partition coefficient (Wildman–Crippen LogP) is 1.92. The van der Waals surface area contributed by atoms with Crippen LogP contribution in [0.5, 0.6) is 5.88 Å². The van der Waals surface area contributed by atoms with E-state index in [1.165, 1.54) is 6.08 Å². The molecule has 8 heteroatoms. The van der Waals surface area contributed by atoms with Crippen LogP contribution >= 0.6 is 11.3 Å². The molecule has 19 heavy (non-hydrogen) atoms. The fraction of sp³-hybridized carbons (Fsp3) is 0.0909. The molecule has 0 spiro atoms. The van der Waals surface area contributed by atoms with Crippen LogP contribution in [0.4, 0.5) is 5.69 Å². The Balaban J connectivity index is 2.35. The molecule has 0 aliphatic rings. The van der Waals surface area contributed by atoms with Gasteiger partial charge >= 0.3 is 11.2 Å². The quantitative estimate of drug-likeness (QED) is 0.659. The molecule has 0 saturated carbocycles. The van der Waals surface area contributed by atoms with Crippen molar-refractivity contribution < 1.29 is 10.0 Å². The van der Waals surface area contributed by atoms with E-state index in [0.717, 1.165) is 9.75 Å². The molecule has 0 radical (unpaired) electrons. The first kappa shape index (κ1) is 13.0. The topological polar surface area (TPSA) is 109 Å². The Labute approximate surface area is 111 Å². The SMILES string of the molecule is Cc1ccc(/C=C/c2nc(O)c([N+](=O)[O-])c(=O)[nH]2)s1. The van der Waals surface area contributed by atoms with Gasteiger partial charge in [-0.1, -0.05) is 0 Å². The van der Waals surface area contributed by atoms with Gasteiger partial charge in [0.1, 0.15) is 5.82 Å². The molecule has 2 rings (SSSR count). The Morgan fingerprint density at radius 2 is 2.21 bits per heavy atom. The van der Waals surface area contributed by atoms with Crippen molar-refractivity contribution in [2.75, 3.05) is 0 Å². The van der Waals surface area contributed by atoms with Crippen molar-refractivity contribution in [1.82, 2.24) is 9.97 Å². The van der Waals surface area contributed by atoms with E-state index in [1.807, 2.05) is 19.1 Å². The first-order valence-electron chi connectivity index (χ1n) is 5.19. The molecule has 0 saturated heterocycles. The molecular formula is C11H9N3O4S. The highest BCUT2D eigenvalue weighted by molar-refractivity contribution is 7.12. The zero-order valence-electron chi connectivity index (χ0n) is 9.78. The van der Waals surface area contributed by atoms with Gasteiger partial charge in [0.2, 0.25) is 0 Å². The lowest BCUT2D eigenvalue weighted by Gasteiger charge is -1.96. The Morgan fingerprint density at radius 1 is 1.47 bits per heavy atom. The summed E-state index contributed by atoms with van der Waals surface area (Å²) in [7, 11) is 0. The highest BCUT2D eigenvalue weighted by atomic mass is 32.1. The number of hydrogen-bond donors (Lipinski definition) is 2. The van der Waals surface area contributed by atoms with Crippen LogP contribution in [0.25, 0.3) is 12.2 Å². The van der Waals surface area contributed by atoms with Gasteiger partial charge in [-0.2, -0.15) is 4.98 Å². The molecular weight excluding hydrogens is 270 g/mol. The smallest absolute Gasteiger partial charge is 0.395 e. The van der Waals surface area contributed by atoms with Crippen molar-refractivity contribution in [2.24, 2.45) is 0 Å². The van der Waals surface area contributed by atoms with E-state index in [-0.39, 0.29) is 5.82 Å². The maximum Gasteiger partial charge on any atom is 0.395 e. The second kappa shape index (κ2) is 5.02. The molecule has 2 N–H and O–H groups in total. The van der Waals surface area contributed by atoms with Gasteiger partial charge < -0.3 is 10.1 Å². The molecule has 0 fully saturated rings. The van der Waals surface area contributed by atoms with Gasteiger partial charge in [-0.15, -0.1) is 11.3 Å². The summed E-state index contributed by atoms with van der Waals surface area (Å²) in [6.07, 6.45) is 3.16. The molecule has 2 aromatic rings. The van der Waals surface area contributed by atoms with Crippen LogP contribution in [0.15, 0.2) is 16.9 Å². The number of H-pyrrole nitrogens is 1. The lowest BCUT2D eigenvalue weighted by atomic mass is 10.4. The first-order valence-corrected chi connectivity index (χ1v) is 6.01. The number of thiophene rings is 1. The minimum atomic E-state index is -0.987. The second-order valence-corrected chi connectivity index (χ2v) is 4.98. The molecule has 0 aliphatic heterocycles. The Morgan fingerprint density at radius 3 is 2.74 bits per heavy atom. The zero-order chi connectivity index (χ0) is 14.0. The first-order chi connectivity index (χ1) is 8.97. The minimum Gasteiger partial charge on any atom is -0.488 e. The molecule has 2 aromatic heterocycles. The van der Waals surface area contributed by atoms with Crippen LogP contribution in [-0.4, -0.2) is 20.0 Å². The van der Waals surface area contributed by atoms with E-state index in [9.17, 15) is 20.0 Å². The number of nitrogens with one attached hydrogen (secondary N) is 1. The maximum absolute atomic E-state index is 11.4. The summed E-state index contributed by atoms with van der Waals surface area (Å²) in [4.78, 5) is 28.8. The molecule has 0 aliphatic carbocycles. The summed E-state index contributed by atoms with van der Waals surface area (Å²) in [6.45, 7) is 1.96. The van der Waals surface area contributed by atoms with E-state index in [4.69, 9.17) is 0 Å². The van der Waals surface area contributed by atoms with E-state index >= 15 is 0 Å². The Bertz CT molecular complexity index is 717. The molecule has 0 atom stereocenters. The van der Waals surface area contributed by atoms with Crippen LogP contribution in [0.3, 0.4) is 0 Å². The van der Waals surface area contributed by atoms with Crippen molar-refractivity contribution in [3.05, 3.63) is 48.2 Å². The zero-order valence-corrected chi connectivity index (χ0v) is 10.6. The van der Waals surface area contributed by atoms with Gasteiger partial charge in [0.25, 0.3) is 5.88 Å². The van der Waals surface area contributed by atoms with E-state index in [0.29, 0.717) is 0 Å². The average Bonchev–Trinajstić information content (AvgIpc) is 2.71. The van der Waals surface area contributed by atoms with E-state index in [2.05, 4.69) is 9.97 Å². The molecule has 0 bridgehead atoms. The van der Waals surface area contributed by atoms with Crippen LogP contribution in [0, 0.1) is 17.0 Å². The summed E-state index contributed by atoms with van der Waals surface area (Å²) in [5, 5.41) is 19.8. The van der Waals surface area contributed by atoms with Crippen molar-refractivity contribution in [3.8, 4) is 5.88 Å². The monoisotopic (exact) mass is 279 g/mol. The molecule has 0 aromatic carbocycles. The van der Waals surface area contributed by atoms with E-state index in [1.54, 1.807) is 17.4 Å². The molecule has 0 amide bonds. The number of aromatic amines is 1. The van der Waals surface area contributed by atoms with Gasteiger partial charge in [0.05, 0.1) is 4.92 Å². The molecule has 0 unspecified atom stereocenters. The Kier molecular flexibility index (Phi) is 3.43. The number of nitro groups is 1. The highest BCUT2D eigenvalue weighted by Gasteiger charge is 2.21. The van der Waals surface area contributed by atoms with Crippen LogP contribution in [-0.2, 0) is 0 Å². The Hall–Kier alpha value is -2.48. The van der Waals surface area contributed by atoms with Crippen molar-refractivity contribution >= 4 is 29.2 Å². The van der Waals surface area contributed by atoms with Crippen molar-refractivity contribution in [3.63, 3.8) is 0 Å². The summed E-state index contributed by atoms with van der Waals surface area (Å²) < 4.78 is 0. The van der Waals surface area contributed by atoms with Gasteiger partial charge in [0, 0.05) is 9.75 Å². The highest BCUT2D eigenvalue weighted by Crippen LogP contribution is 2.19. The third-order valence-corrected chi connectivity index (χ3v) is 3.21. The lowest BCUT2D eigenvalue weighted by molar-refractivity contribution is -0.387. The summed E-state index contributed by atoms with van der Waals surface area (Å²) >= 11 is 1.55. The van der Waals surface area contributed by atoms with Crippen LogP contribution in [0.2, 0.25) is 0 Å². The molecule has 98 valence electrons. The molecule has 2 heterocycles. The van der Waals surface area contributed by atoms with Gasteiger partial charge in [-0.05, 0) is 31.2 Å². The summed E-state index contributed by atoms with van der Waals surface area (Å²) in [5.74, 6) is -0.838. The van der Waals surface area contributed by atoms with Crippen LogP contribution < -0.4 is 5.56 Å². The van der Waals surface area contributed by atoms with Gasteiger partial charge in [-0.3, -0.25) is 14.9 Å². The normalized spacial score (nSPS) is 11.0. The maximum atomic E-state index is 11.4.